The maximum atomic E-state index is 8.56. The number of nitriles is 1. The van der Waals surface area contributed by atoms with Gasteiger partial charge in [-0.3, -0.25) is 0 Å². The molecular weight excluding hydrogens is 178 g/mol. The molecule has 0 N–H and O–H groups in total. The fourth-order valence-electron chi connectivity index (χ4n) is 1.10. The monoisotopic (exact) mass is 187 g/mol. The number of thioether (sulfide) groups is 1. The maximum Gasteiger partial charge on any atom is 0.138 e. The van der Waals surface area contributed by atoms with Crippen LogP contribution in [-0.4, -0.2) is 0 Å². The number of hydrogen-bond donors (Lipinski definition) is 0. The van der Waals surface area contributed by atoms with Gasteiger partial charge in [-0.1, -0.05) is 37.4 Å². The Bertz CT molecular complexity index is 374. The van der Waals surface area contributed by atoms with Gasteiger partial charge in [-0.25, -0.2) is 0 Å². The van der Waals surface area contributed by atoms with Crippen LogP contribution in [0.3, 0.4) is 0 Å². The maximum absolute atomic E-state index is 8.56. The summed E-state index contributed by atoms with van der Waals surface area (Å²) in [5.41, 5.74) is 1.99. The standard InChI is InChI=1S/C11H9NS/c1-3-9-6-5-7-11(13-8-12)10(9)4-2/h3-7H,1-2H2. The third kappa shape index (κ3) is 2.01. The van der Waals surface area contributed by atoms with Crippen LogP contribution < -0.4 is 0 Å². The molecule has 0 atom stereocenters. The van der Waals surface area contributed by atoms with Crippen molar-refractivity contribution in [2.75, 3.05) is 0 Å². The van der Waals surface area contributed by atoms with Crippen molar-refractivity contribution in [1.29, 1.82) is 5.26 Å². The first kappa shape index (κ1) is 9.63. The van der Waals surface area contributed by atoms with Gasteiger partial charge < -0.3 is 0 Å². The van der Waals surface area contributed by atoms with E-state index in [0.717, 1.165) is 27.8 Å². The average Bonchev–Trinajstić information content (AvgIpc) is 2.18. The van der Waals surface area contributed by atoms with Crippen LogP contribution in [0.2, 0.25) is 0 Å². The molecule has 0 fully saturated rings. The number of nitrogens with zero attached hydrogens (tertiary/aromatic N) is 1. The largest absolute Gasteiger partial charge is 0.185 e. The van der Waals surface area contributed by atoms with Gasteiger partial charge in [0.1, 0.15) is 5.40 Å². The summed E-state index contributed by atoms with van der Waals surface area (Å²) in [4.78, 5) is 0.926. The fraction of sp³-hybridized carbons (Fsp3) is 0. The fourth-order valence-corrected chi connectivity index (χ4v) is 1.65. The van der Waals surface area contributed by atoms with Crippen molar-refractivity contribution in [2.24, 2.45) is 0 Å². The second-order valence-corrected chi connectivity index (χ2v) is 3.19. The summed E-state index contributed by atoms with van der Waals surface area (Å²) in [6, 6.07) is 5.76. The zero-order valence-electron chi connectivity index (χ0n) is 7.16. The Labute approximate surface area is 82.4 Å². The van der Waals surface area contributed by atoms with Crippen molar-refractivity contribution in [3.63, 3.8) is 0 Å². The van der Waals surface area contributed by atoms with Crippen molar-refractivity contribution in [1.82, 2.24) is 0 Å². The third-order valence-electron chi connectivity index (χ3n) is 1.68. The van der Waals surface area contributed by atoms with Gasteiger partial charge in [-0.2, -0.15) is 5.26 Å². The lowest BCUT2D eigenvalue weighted by molar-refractivity contribution is 1.41. The van der Waals surface area contributed by atoms with E-state index in [1.807, 2.05) is 23.6 Å². The Balaban J connectivity index is 3.28. The van der Waals surface area contributed by atoms with Crippen LogP contribution in [-0.2, 0) is 0 Å². The summed E-state index contributed by atoms with van der Waals surface area (Å²) in [7, 11) is 0. The minimum absolute atomic E-state index is 0.926. The van der Waals surface area contributed by atoms with E-state index < -0.39 is 0 Å². The highest BCUT2D eigenvalue weighted by Gasteiger charge is 2.02. The number of hydrogen-bond acceptors (Lipinski definition) is 2. The Kier molecular flexibility index (Phi) is 3.36. The van der Waals surface area contributed by atoms with Crippen molar-refractivity contribution in [2.45, 2.75) is 4.90 Å². The van der Waals surface area contributed by atoms with Crippen molar-refractivity contribution < 1.29 is 0 Å². The summed E-state index contributed by atoms with van der Waals surface area (Å²) in [6.07, 6.45) is 3.51. The number of thiocyanates is 1. The topological polar surface area (TPSA) is 23.8 Å². The smallest absolute Gasteiger partial charge is 0.138 e. The first-order chi connectivity index (χ1) is 6.33. The van der Waals surface area contributed by atoms with Crippen LogP contribution in [0.5, 0.6) is 0 Å². The lowest BCUT2D eigenvalue weighted by Crippen LogP contribution is -1.82. The third-order valence-corrected chi connectivity index (χ3v) is 2.35. The molecule has 0 aliphatic rings. The van der Waals surface area contributed by atoms with Gasteiger partial charge in [0.05, 0.1) is 0 Å². The van der Waals surface area contributed by atoms with E-state index in [-0.39, 0.29) is 0 Å². The number of rotatable bonds is 3. The first-order valence-electron chi connectivity index (χ1n) is 3.77. The molecule has 1 rings (SSSR count). The van der Waals surface area contributed by atoms with Crippen molar-refractivity contribution in [3.05, 3.63) is 42.5 Å². The molecule has 0 saturated carbocycles. The molecule has 1 aromatic rings. The van der Waals surface area contributed by atoms with Crippen molar-refractivity contribution >= 4 is 23.9 Å². The number of benzene rings is 1. The predicted molar refractivity (Wildman–Crippen MR) is 58.1 cm³/mol. The minimum Gasteiger partial charge on any atom is -0.185 e. The normalized spacial score (nSPS) is 8.85. The van der Waals surface area contributed by atoms with E-state index in [0.29, 0.717) is 0 Å². The Morgan fingerprint density at radius 2 is 2.08 bits per heavy atom. The lowest BCUT2D eigenvalue weighted by Gasteiger charge is -2.04. The van der Waals surface area contributed by atoms with E-state index in [9.17, 15) is 0 Å². The quantitative estimate of drug-likeness (QED) is 0.533. The Morgan fingerprint density at radius 1 is 1.31 bits per heavy atom. The molecule has 0 heterocycles. The summed E-state index contributed by atoms with van der Waals surface area (Å²) < 4.78 is 0. The van der Waals surface area contributed by atoms with Gasteiger partial charge in [0.2, 0.25) is 0 Å². The Morgan fingerprint density at radius 3 is 2.62 bits per heavy atom. The van der Waals surface area contributed by atoms with E-state index in [1.165, 1.54) is 0 Å². The molecule has 0 saturated heterocycles. The van der Waals surface area contributed by atoms with Crippen LogP contribution in [0.25, 0.3) is 12.2 Å². The van der Waals surface area contributed by atoms with E-state index in [1.54, 1.807) is 12.2 Å². The highest BCUT2D eigenvalue weighted by molar-refractivity contribution is 8.03. The van der Waals surface area contributed by atoms with Crippen LogP contribution in [0, 0.1) is 10.7 Å². The molecule has 1 nitrogen and oxygen atoms in total. The molecule has 0 spiro atoms. The molecule has 0 amide bonds. The second-order valence-electron chi connectivity index (χ2n) is 2.36. The molecule has 2 heteroatoms. The molecule has 0 aliphatic carbocycles. The Hall–Kier alpha value is -1.46. The molecule has 13 heavy (non-hydrogen) atoms. The van der Waals surface area contributed by atoms with Gasteiger partial charge in [0.15, 0.2) is 0 Å². The first-order valence-corrected chi connectivity index (χ1v) is 4.59. The SMILES string of the molecule is C=Cc1cccc(SC#N)c1C=C. The summed E-state index contributed by atoms with van der Waals surface area (Å²) in [6.45, 7) is 7.41. The van der Waals surface area contributed by atoms with Gasteiger partial charge >= 0.3 is 0 Å². The zero-order valence-corrected chi connectivity index (χ0v) is 7.97. The minimum atomic E-state index is 0.926. The van der Waals surface area contributed by atoms with Gasteiger partial charge in [0, 0.05) is 4.90 Å². The summed E-state index contributed by atoms with van der Waals surface area (Å²) >= 11 is 1.14. The zero-order chi connectivity index (χ0) is 9.68. The molecule has 0 aliphatic heterocycles. The summed E-state index contributed by atoms with van der Waals surface area (Å²) in [5.74, 6) is 0. The highest BCUT2D eigenvalue weighted by atomic mass is 32.2. The van der Waals surface area contributed by atoms with Gasteiger partial charge in [-0.05, 0) is 29.0 Å². The van der Waals surface area contributed by atoms with Crippen LogP contribution in [0.15, 0.2) is 36.3 Å². The van der Waals surface area contributed by atoms with Crippen LogP contribution in [0.4, 0.5) is 0 Å². The summed E-state index contributed by atoms with van der Waals surface area (Å²) in [5, 5.41) is 10.6. The van der Waals surface area contributed by atoms with Gasteiger partial charge in [-0.15, -0.1) is 0 Å². The highest BCUT2D eigenvalue weighted by Crippen LogP contribution is 2.26. The van der Waals surface area contributed by atoms with Gasteiger partial charge in [0.25, 0.3) is 0 Å². The molecular formula is C11H9NS. The van der Waals surface area contributed by atoms with Crippen LogP contribution in [0.1, 0.15) is 11.1 Å². The molecule has 0 unspecified atom stereocenters. The molecule has 1 aromatic carbocycles. The molecule has 0 radical (unpaired) electrons. The lowest BCUT2D eigenvalue weighted by atomic mass is 10.1. The van der Waals surface area contributed by atoms with E-state index >= 15 is 0 Å². The van der Waals surface area contributed by atoms with Crippen molar-refractivity contribution in [3.8, 4) is 5.40 Å². The second kappa shape index (κ2) is 4.54. The van der Waals surface area contributed by atoms with E-state index in [2.05, 4.69) is 13.2 Å². The predicted octanol–water partition coefficient (Wildman–Crippen LogP) is 3.55. The van der Waals surface area contributed by atoms with E-state index in [4.69, 9.17) is 5.26 Å². The van der Waals surface area contributed by atoms with Crippen LogP contribution >= 0.6 is 11.8 Å². The molecule has 64 valence electrons. The molecule has 0 bridgehead atoms. The molecule has 0 aromatic heterocycles. The average molecular weight is 187 g/mol.